The van der Waals surface area contributed by atoms with Crippen LogP contribution in [0, 0.1) is 6.92 Å². The number of hydrogen-bond donors (Lipinski definition) is 2. The molecule has 156 valence electrons. The van der Waals surface area contributed by atoms with Gasteiger partial charge in [-0.25, -0.2) is 9.59 Å². The molecule has 1 aliphatic heterocycles. The van der Waals surface area contributed by atoms with Gasteiger partial charge < -0.3 is 20.1 Å². The lowest BCUT2D eigenvalue weighted by Crippen LogP contribution is -2.45. The number of nitrogens with one attached hydrogen (secondary N) is 1. The van der Waals surface area contributed by atoms with E-state index in [1.54, 1.807) is 20.8 Å². The third kappa shape index (κ3) is 5.88. The third-order valence-corrected chi connectivity index (χ3v) is 5.23. The summed E-state index contributed by atoms with van der Waals surface area (Å²) in [6.45, 7) is 11.7. The highest BCUT2D eigenvalue weighted by atomic mass is 16.6. The molecule has 0 saturated carbocycles. The Morgan fingerprint density at radius 2 is 1.86 bits per heavy atom. The standard InChI is InChI=1S/C22H34N2O4/c1-14-12-18(24-15(2)8-7-9-16(24)3)11-10-17(14)13-19(20(25)26)23-21(27)28-22(4,5)6/h10-12,15-16,19H,7-9,13H2,1-6H3,(H,23,27)(H,25,26)/t15-,16+,19-/m1/s1. The molecule has 3 atom stereocenters. The van der Waals surface area contributed by atoms with Crippen molar-refractivity contribution in [1.82, 2.24) is 5.32 Å². The minimum Gasteiger partial charge on any atom is -0.480 e. The predicted octanol–water partition coefficient (Wildman–Crippen LogP) is 4.28. The molecule has 0 radical (unpaired) electrons. The summed E-state index contributed by atoms with van der Waals surface area (Å²) < 4.78 is 5.19. The van der Waals surface area contributed by atoms with Crippen LogP contribution in [0.3, 0.4) is 0 Å². The number of amides is 1. The number of carboxylic acids is 1. The second kappa shape index (κ2) is 8.84. The number of carbonyl (C=O) groups is 2. The molecule has 1 aromatic rings. The van der Waals surface area contributed by atoms with Gasteiger partial charge in [-0.1, -0.05) is 6.07 Å². The van der Waals surface area contributed by atoms with Crippen molar-refractivity contribution in [3.05, 3.63) is 29.3 Å². The van der Waals surface area contributed by atoms with Crippen LogP contribution in [0.5, 0.6) is 0 Å². The lowest BCUT2D eigenvalue weighted by atomic mass is 9.95. The zero-order chi connectivity index (χ0) is 21.1. The van der Waals surface area contributed by atoms with E-state index < -0.39 is 23.7 Å². The molecule has 1 fully saturated rings. The average Bonchev–Trinajstić information content (AvgIpc) is 2.54. The van der Waals surface area contributed by atoms with E-state index in [1.807, 2.05) is 13.0 Å². The highest BCUT2D eigenvalue weighted by molar-refractivity contribution is 5.80. The van der Waals surface area contributed by atoms with Crippen LogP contribution in [0.25, 0.3) is 0 Å². The van der Waals surface area contributed by atoms with Crippen molar-refractivity contribution in [2.45, 2.75) is 91.0 Å². The molecule has 28 heavy (non-hydrogen) atoms. The van der Waals surface area contributed by atoms with Crippen molar-refractivity contribution in [2.75, 3.05) is 4.90 Å². The van der Waals surface area contributed by atoms with Gasteiger partial charge in [0.2, 0.25) is 0 Å². The number of aliphatic carboxylic acids is 1. The van der Waals surface area contributed by atoms with Crippen LogP contribution in [0.15, 0.2) is 18.2 Å². The fraction of sp³-hybridized carbons (Fsp3) is 0.636. The molecule has 6 nitrogen and oxygen atoms in total. The molecular formula is C22H34N2O4. The first-order valence-corrected chi connectivity index (χ1v) is 10.1. The average molecular weight is 391 g/mol. The Morgan fingerprint density at radius 3 is 2.36 bits per heavy atom. The van der Waals surface area contributed by atoms with Gasteiger partial charge in [-0.05, 0) is 84.1 Å². The van der Waals surface area contributed by atoms with Crippen LogP contribution < -0.4 is 10.2 Å². The SMILES string of the molecule is Cc1cc(N2[C@H](C)CCC[C@@H]2C)ccc1C[C@@H](NC(=O)OC(C)(C)C)C(=O)O. The van der Waals surface area contributed by atoms with E-state index in [-0.39, 0.29) is 6.42 Å². The van der Waals surface area contributed by atoms with Crippen LogP contribution in [-0.2, 0) is 16.0 Å². The maximum absolute atomic E-state index is 12.0. The molecule has 0 spiro atoms. The van der Waals surface area contributed by atoms with E-state index in [4.69, 9.17) is 4.74 Å². The predicted molar refractivity (Wildman–Crippen MR) is 111 cm³/mol. The zero-order valence-corrected chi connectivity index (χ0v) is 17.9. The Bertz CT molecular complexity index is 701. The van der Waals surface area contributed by atoms with Crippen molar-refractivity contribution in [3.8, 4) is 0 Å². The molecule has 1 heterocycles. The topological polar surface area (TPSA) is 78.9 Å². The number of carbonyl (C=O) groups excluding carboxylic acids is 1. The van der Waals surface area contributed by atoms with Crippen LogP contribution in [0.1, 0.15) is 65.0 Å². The number of hydrogen-bond acceptors (Lipinski definition) is 4. The van der Waals surface area contributed by atoms with Gasteiger partial charge in [-0.2, -0.15) is 0 Å². The minimum absolute atomic E-state index is 0.214. The molecule has 0 bridgehead atoms. The van der Waals surface area contributed by atoms with E-state index in [2.05, 4.69) is 36.2 Å². The molecule has 0 aromatic heterocycles. The Balaban J connectivity index is 2.13. The van der Waals surface area contributed by atoms with Crippen molar-refractivity contribution >= 4 is 17.7 Å². The van der Waals surface area contributed by atoms with Crippen molar-refractivity contribution in [1.29, 1.82) is 0 Å². The third-order valence-electron chi connectivity index (χ3n) is 5.23. The second-order valence-corrected chi connectivity index (χ2v) is 8.89. The van der Waals surface area contributed by atoms with Crippen molar-refractivity contribution in [2.24, 2.45) is 0 Å². The summed E-state index contributed by atoms with van der Waals surface area (Å²) in [6, 6.07) is 6.12. The lowest BCUT2D eigenvalue weighted by molar-refractivity contribution is -0.139. The number of anilines is 1. The van der Waals surface area contributed by atoms with Gasteiger partial charge in [-0.15, -0.1) is 0 Å². The zero-order valence-electron chi connectivity index (χ0n) is 17.9. The van der Waals surface area contributed by atoms with E-state index in [0.29, 0.717) is 12.1 Å². The number of benzene rings is 1. The number of piperidine rings is 1. The first-order valence-electron chi connectivity index (χ1n) is 10.1. The fourth-order valence-electron chi connectivity index (χ4n) is 3.87. The Morgan fingerprint density at radius 1 is 1.25 bits per heavy atom. The molecular weight excluding hydrogens is 356 g/mol. The summed E-state index contributed by atoms with van der Waals surface area (Å²) in [4.78, 5) is 26.1. The van der Waals surface area contributed by atoms with E-state index >= 15 is 0 Å². The van der Waals surface area contributed by atoms with Gasteiger partial charge in [0, 0.05) is 24.2 Å². The normalized spacial score (nSPS) is 21.1. The second-order valence-electron chi connectivity index (χ2n) is 8.89. The van der Waals surface area contributed by atoms with Gasteiger partial charge in [0.05, 0.1) is 0 Å². The van der Waals surface area contributed by atoms with Gasteiger partial charge in [0.25, 0.3) is 0 Å². The smallest absolute Gasteiger partial charge is 0.408 e. The number of nitrogens with zero attached hydrogens (tertiary/aromatic N) is 1. The number of rotatable bonds is 5. The summed E-state index contributed by atoms with van der Waals surface area (Å²) in [5.74, 6) is -1.08. The molecule has 1 amide bonds. The number of ether oxygens (including phenoxy) is 1. The van der Waals surface area contributed by atoms with E-state index in [9.17, 15) is 14.7 Å². The first kappa shape index (κ1) is 22.1. The summed E-state index contributed by atoms with van der Waals surface area (Å²) >= 11 is 0. The summed E-state index contributed by atoms with van der Waals surface area (Å²) in [7, 11) is 0. The van der Waals surface area contributed by atoms with Crippen LogP contribution >= 0.6 is 0 Å². The maximum atomic E-state index is 12.0. The molecule has 1 aromatic carbocycles. The molecule has 2 N–H and O–H groups in total. The van der Waals surface area contributed by atoms with Crippen molar-refractivity contribution < 1.29 is 19.4 Å². The van der Waals surface area contributed by atoms with Crippen LogP contribution in [-0.4, -0.2) is 40.9 Å². The summed E-state index contributed by atoms with van der Waals surface area (Å²) in [5, 5.41) is 12.0. The maximum Gasteiger partial charge on any atom is 0.408 e. The highest BCUT2D eigenvalue weighted by Gasteiger charge is 2.27. The summed E-state index contributed by atoms with van der Waals surface area (Å²) in [5.41, 5.74) is 2.43. The number of carboxylic acid groups (broad SMARTS) is 1. The Hall–Kier alpha value is -2.24. The number of alkyl carbamates (subject to hydrolysis) is 1. The fourth-order valence-corrected chi connectivity index (χ4v) is 3.87. The van der Waals surface area contributed by atoms with Gasteiger partial charge in [0.15, 0.2) is 0 Å². The van der Waals surface area contributed by atoms with Gasteiger partial charge >= 0.3 is 12.1 Å². The monoisotopic (exact) mass is 390 g/mol. The minimum atomic E-state index is -1.08. The van der Waals surface area contributed by atoms with Crippen molar-refractivity contribution in [3.63, 3.8) is 0 Å². The van der Waals surface area contributed by atoms with E-state index in [0.717, 1.165) is 11.1 Å². The Labute approximate surface area is 168 Å². The molecule has 0 unspecified atom stereocenters. The molecule has 0 aliphatic carbocycles. The Kier molecular flexibility index (Phi) is 6.96. The van der Waals surface area contributed by atoms with Gasteiger partial charge in [0.1, 0.15) is 11.6 Å². The lowest BCUT2D eigenvalue weighted by Gasteiger charge is -2.41. The van der Waals surface area contributed by atoms with Crippen LogP contribution in [0.4, 0.5) is 10.5 Å². The molecule has 6 heteroatoms. The van der Waals surface area contributed by atoms with Gasteiger partial charge in [-0.3, -0.25) is 0 Å². The first-order chi connectivity index (χ1) is 13.0. The van der Waals surface area contributed by atoms with E-state index in [1.165, 1.54) is 24.9 Å². The highest BCUT2D eigenvalue weighted by Crippen LogP contribution is 2.30. The van der Waals surface area contributed by atoms with Crippen LogP contribution in [0.2, 0.25) is 0 Å². The molecule has 1 saturated heterocycles. The molecule has 1 aliphatic rings. The largest absolute Gasteiger partial charge is 0.480 e. The number of aryl methyl sites for hydroxylation is 1. The summed E-state index contributed by atoms with van der Waals surface area (Å²) in [6.07, 6.45) is 3.13. The quantitative estimate of drug-likeness (QED) is 0.784. The molecule has 2 rings (SSSR count).